The largest absolute Gasteiger partial charge is 0.387 e. The molecule has 0 amide bonds. The van der Waals surface area contributed by atoms with Gasteiger partial charge in [0.2, 0.25) is 6.43 Å². The topological polar surface area (TPSA) is 20.2 Å². The van der Waals surface area contributed by atoms with Crippen LogP contribution in [0.3, 0.4) is 0 Å². The van der Waals surface area contributed by atoms with Gasteiger partial charge in [-0.1, -0.05) is 0 Å². The van der Waals surface area contributed by atoms with E-state index in [1.807, 2.05) is 0 Å². The lowest BCUT2D eigenvalue weighted by molar-refractivity contribution is -0.00946. The van der Waals surface area contributed by atoms with Crippen molar-refractivity contribution in [1.29, 1.82) is 0 Å². The highest BCUT2D eigenvalue weighted by Crippen LogP contribution is 2.19. The van der Waals surface area contributed by atoms with Gasteiger partial charge in [0.15, 0.2) is 0 Å². The Balaban J connectivity index is 0. The zero-order valence-electron chi connectivity index (χ0n) is 7.77. The molecular weight excluding hydrogens is 205 g/mol. The summed E-state index contributed by atoms with van der Waals surface area (Å²) in [7, 11) is 0. The molecule has 0 bridgehead atoms. The predicted octanol–water partition coefficient (Wildman–Crippen LogP) is 2.95. The van der Waals surface area contributed by atoms with Crippen molar-refractivity contribution < 1.29 is 18.3 Å². The van der Waals surface area contributed by atoms with Gasteiger partial charge in [-0.15, -0.1) is 12.4 Å². The number of hydrogen-bond acceptors (Lipinski definition) is 1. The maximum Gasteiger partial charge on any atom is 0.238 e. The minimum atomic E-state index is -2.38. The second kappa shape index (κ2) is 6.49. The molecule has 0 aromatic carbocycles. The third-order valence-electron chi connectivity index (χ3n) is 1.65. The van der Waals surface area contributed by atoms with E-state index in [1.165, 1.54) is 13.8 Å². The van der Waals surface area contributed by atoms with Crippen molar-refractivity contribution in [1.82, 2.24) is 0 Å². The van der Waals surface area contributed by atoms with Gasteiger partial charge in [-0.2, -0.15) is 0 Å². The van der Waals surface area contributed by atoms with Crippen LogP contribution in [0.25, 0.3) is 0 Å². The van der Waals surface area contributed by atoms with Gasteiger partial charge < -0.3 is 5.11 Å². The van der Waals surface area contributed by atoms with E-state index in [1.54, 1.807) is 0 Å². The van der Waals surface area contributed by atoms with E-state index in [2.05, 4.69) is 0 Å². The Kier molecular flexibility index (Phi) is 7.74. The first-order chi connectivity index (χ1) is 5.34. The molecule has 1 nitrogen and oxygen atoms in total. The highest BCUT2D eigenvalue weighted by Gasteiger charge is 2.25. The molecule has 1 atom stereocenters. The lowest BCUT2D eigenvalue weighted by Crippen LogP contribution is -2.32. The fraction of sp³-hybridized carbons (Fsp3) is 1.00. The number of aliphatic hydroxyl groups is 1. The van der Waals surface area contributed by atoms with Gasteiger partial charge in [-0.25, -0.2) is 13.2 Å². The molecule has 0 heterocycles. The maximum atomic E-state index is 12.9. The SMILES string of the molecule is CC(C)(O)C(F)CCCC(F)F.Cl. The van der Waals surface area contributed by atoms with Crippen LogP contribution in [-0.4, -0.2) is 23.3 Å². The molecule has 5 heteroatoms. The van der Waals surface area contributed by atoms with Gasteiger partial charge >= 0.3 is 0 Å². The molecule has 0 aliphatic heterocycles. The molecule has 0 aromatic rings. The van der Waals surface area contributed by atoms with Gasteiger partial charge in [0.1, 0.15) is 6.17 Å². The van der Waals surface area contributed by atoms with Crippen LogP contribution in [0, 0.1) is 0 Å². The summed E-state index contributed by atoms with van der Waals surface area (Å²) in [4.78, 5) is 0. The molecule has 1 N–H and O–H groups in total. The fourth-order valence-electron chi connectivity index (χ4n) is 0.805. The average Bonchev–Trinajstić information content (AvgIpc) is 1.84. The first kappa shape index (κ1) is 15.5. The highest BCUT2D eigenvalue weighted by atomic mass is 35.5. The van der Waals surface area contributed by atoms with Gasteiger partial charge in [-0.3, -0.25) is 0 Å². The zero-order chi connectivity index (χ0) is 9.78. The third kappa shape index (κ3) is 8.37. The molecule has 0 rings (SSSR count). The zero-order valence-corrected chi connectivity index (χ0v) is 8.58. The lowest BCUT2D eigenvalue weighted by atomic mass is 9.98. The van der Waals surface area contributed by atoms with Crippen LogP contribution in [0.2, 0.25) is 0 Å². The van der Waals surface area contributed by atoms with Crippen LogP contribution in [0.15, 0.2) is 0 Å². The summed E-state index contributed by atoms with van der Waals surface area (Å²) < 4.78 is 36.1. The molecule has 0 aliphatic rings. The summed E-state index contributed by atoms with van der Waals surface area (Å²) in [6.45, 7) is 2.67. The minimum Gasteiger partial charge on any atom is -0.387 e. The minimum absolute atomic E-state index is 0. The molecule has 0 fully saturated rings. The maximum absolute atomic E-state index is 12.9. The molecular formula is C8H16ClF3O. The third-order valence-corrected chi connectivity index (χ3v) is 1.65. The summed E-state index contributed by atoms with van der Waals surface area (Å²) in [6.07, 6.45) is -3.98. The van der Waals surface area contributed by atoms with Gasteiger partial charge in [0.25, 0.3) is 0 Å². The lowest BCUT2D eigenvalue weighted by Gasteiger charge is -2.21. The van der Waals surface area contributed by atoms with Crippen molar-refractivity contribution in [3.63, 3.8) is 0 Å². The number of hydrogen-bond donors (Lipinski definition) is 1. The smallest absolute Gasteiger partial charge is 0.238 e. The molecule has 0 aromatic heterocycles. The first-order valence-corrected chi connectivity index (χ1v) is 3.98. The van der Waals surface area contributed by atoms with Crippen LogP contribution in [0.5, 0.6) is 0 Å². The van der Waals surface area contributed by atoms with E-state index in [9.17, 15) is 13.2 Å². The Labute approximate surface area is 82.7 Å². The summed E-state index contributed by atoms with van der Waals surface area (Å²) in [5.74, 6) is 0. The summed E-state index contributed by atoms with van der Waals surface area (Å²) in [5.41, 5.74) is -1.41. The Morgan fingerprint density at radius 3 is 1.92 bits per heavy atom. The molecule has 0 aliphatic carbocycles. The van der Waals surface area contributed by atoms with Gasteiger partial charge in [0.05, 0.1) is 5.60 Å². The number of alkyl halides is 3. The van der Waals surface area contributed by atoms with E-state index in [0.29, 0.717) is 0 Å². The second-order valence-corrected chi connectivity index (χ2v) is 3.44. The van der Waals surface area contributed by atoms with Crippen molar-refractivity contribution in [3.8, 4) is 0 Å². The van der Waals surface area contributed by atoms with E-state index >= 15 is 0 Å². The second-order valence-electron chi connectivity index (χ2n) is 3.44. The van der Waals surface area contributed by atoms with E-state index in [0.717, 1.165) is 0 Å². The molecule has 0 saturated heterocycles. The van der Waals surface area contributed by atoms with Crippen LogP contribution >= 0.6 is 12.4 Å². The van der Waals surface area contributed by atoms with Crippen molar-refractivity contribution in [2.75, 3.05) is 0 Å². The molecule has 13 heavy (non-hydrogen) atoms. The Morgan fingerprint density at radius 2 is 1.62 bits per heavy atom. The van der Waals surface area contributed by atoms with Crippen LogP contribution in [0.1, 0.15) is 33.1 Å². The standard InChI is InChI=1S/C8H15F3O.ClH/c1-8(2,12)6(9)4-3-5-7(10)11;/h6-7,12H,3-5H2,1-2H3;1H. The summed E-state index contributed by atoms with van der Waals surface area (Å²) in [6, 6.07) is 0. The van der Waals surface area contributed by atoms with Gasteiger partial charge in [-0.05, 0) is 26.7 Å². The Hall–Kier alpha value is 0.0400. The van der Waals surface area contributed by atoms with E-state index in [4.69, 9.17) is 5.11 Å². The Morgan fingerprint density at radius 1 is 1.15 bits per heavy atom. The van der Waals surface area contributed by atoms with Crippen LogP contribution in [0.4, 0.5) is 13.2 Å². The molecule has 0 radical (unpaired) electrons. The number of halogens is 4. The quantitative estimate of drug-likeness (QED) is 0.755. The van der Waals surface area contributed by atoms with Crippen molar-refractivity contribution >= 4 is 12.4 Å². The molecule has 0 spiro atoms. The van der Waals surface area contributed by atoms with Gasteiger partial charge in [0, 0.05) is 6.42 Å². The van der Waals surface area contributed by atoms with Crippen molar-refractivity contribution in [2.24, 2.45) is 0 Å². The Bertz CT molecular complexity index is 125. The predicted molar refractivity (Wildman–Crippen MR) is 48.3 cm³/mol. The van der Waals surface area contributed by atoms with Crippen LogP contribution < -0.4 is 0 Å². The molecule has 82 valence electrons. The van der Waals surface area contributed by atoms with Crippen LogP contribution in [-0.2, 0) is 0 Å². The summed E-state index contributed by atoms with van der Waals surface area (Å²) in [5, 5.41) is 9.09. The first-order valence-electron chi connectivity index (χ1n) is 3.98. The highest BCUT2D eigenvalue weighted by molar-refractivity contribution is 5.85. The average molecular weight is 221 g/mol. The van der Waals surface area contributed by atoms with E-state index in [-0.39, 0.29) is 31.7 Å². The molecule has 0 saturated carbocycles. The van der Waals surface area contributed by atoms with E-state index < -0.39 is 18.2 Å². The molecule has 1 unspecified atom stereocenters. The van der Waals surface area contributed by atoms with Crippen molar-refractivity contribution in [3.05, 3.63) is 0 Å². The summed E-state index contributed by atoms with van der Waals surface area (Å²) >= 11 is 0. The van der Waals surface area contributed by atoms with Crippen molar-refractivity contribution in [2.45, 2.75) is 51.3 Å². The normalized spacial score (nSPS) is 14.1. The number of rotatable bonds is 5. The fourth-order valence-corrected chi connectivity index (χ4v) is 0.805. The monoisotopic (exact) mass is 220 g/mol.